The zero-order valence-electron chi connectivity index (χ0n) is 18.9. The van der Waals surface area contributed by atoms with Crippen molar-refractivity contribution in [2.45, 2.75) is 73.1 Å². The van der Waals surface area contributed by atoms with E-state index in [1.807, 2.05) is 0 Å². The van der Waals surface area contributed by atoms with Crippen LogP contribution in [0, 0.1) is 0 Å². The van der Waals surface area contributed by atoms with Gasteiger partial charge in [-0.3, -0.25) is 0 Å². The van der Waals surface area contributed by atoms with Crippen molar-refractivity contribution in [3.05, 3.63) is 11.6 Å². The van der Waals surface area contributed by atoms with Crippen LogP contribution in [0.25, 0.3) is 0 Å². The number of anilines is 1. The third-order valence-corrected chi connectivity index (χ3v) is 5.89. The number of rotatable bonds is 4. The zero-order valence-corrected chi connectivity index (χ0v) is 18.9. The van der Waals surface area contributed by atoms with Gasteiger partial charge in [-0.1, -0.05) is 0 Å². The summed E-state index contributed by atoms with van der Waals surface area (Å²) in [4.78, 5) is 5.57. The summed E-state index contributed by atoms with van der Waals surface area (Å²) in [5.74, 6) is -18.9. The number of piperidine rings is 1. The van der Waals surface area contributed by atoms with Crippen molar-refractivity contribution in [2.75, 3.05) is 18.0 Å². The molecule has 1 saturated heterocycles. The van der Waals surface area contributed by atoms with E-state index in [0.717, 1.165) is 0 Å². The minimum Gasteiger partial charge on any atom is -0.341 e. The summed E-state index contributed by atoms with van der Waals surface area (Å²) in [5, 5.41) is 0. The molecule has 0 spiro atoms. The summed E-state index contributed by atoms with van der Waals surface area (Å²) in [5.41, 5.74) is -15.5. The predicted molar refractivity (Wildman–Crippen MR) is 90.5 cm³/mol. The number of nitrogens with zero attached hydrogens (tertiary/aromatic N) is 4. The summed E-state index contributed by atoms with van der Waals surface area (Å²) < 4.78 is 273. The quantitative estimate of drug-likeness (QED) is 0.320. The van der Waals surface area contributed by atoms with Crippen molar-refractivity contribution in [3.8, 4) is 0 Å². The summed E-state index contributed by atoms with van der Waals surface area (Å²) >= 11 is 0. The normalized spacial score (nSPS) is 17.7. The third kappa shape index (κ3) is 5.05. The molecule has 1 fully saturated rings. The van der Waals surface area contributed by atoms with E-state index in [9.17, 15) is 87.8 Å². The topological polar surface area (TPSA) is 41.9 Å². The first-order valence-corrected chi connectivity index (χ1v) is 10.2. The number of hydrogen-bond donors (Lipinski definition) is 0. The Balaban J connectivity index is 3.37. The van der Waals surface area contributed by atoms with Gasteiger partial charge >= 0.3 is 48.4 Å². The number of halogens is 20. The van der Waals surface area contributed by atoms with Crippen LogP contribution in [0.4, 0.5) is 93.8 Å². The van der Waals surface area contributed by atoms with E-state index in [1.165, 1.54) is 4.98 Å². The molecule has 0 atom stereocenters. The lowest BCUT2D eigenvalue weighted by atomic mass is 9.77. The minimum absolute atomic E-state index is 0.0926. The Hall–Kier alpha value is -2.59. The van der Waals surface area contributed by atoms with Crippen LogP contribution >= 0.6 is 0 Å². The van der Waals surface area contributed by atoms with Crippen molar-refractivity contribution < 1.29 is 87.8 Å². The molecule has 0 aromatic carbocycles. The number of aromatic nitrogens is 3. The number of hydrogen-bond acceptors (Lipinski definition) is 4. The molecule has 0 unspecified atom stereocenters. The Morgan fingerprint density at radius 1 is 0.390 bits per heavy atom. The molecule has 0 bridgehead atoms. The maximum atomic E-state index is 14.3. The van der Waals surface area contributed by atoms with E-state index in [2.05, 4.69) is 9.97 Å². The second-order valence-electron chi connectivity index (χ2n) is 8.39. The molecule has 1 aliphatic rings. The third-order valence-electron chi connectivity index (χ3n) is 5.89. The largest absolute Gasteiger partial charge is 0.455 e. The van der Waals surface area contributed by atoms with Crippen LogP contribution in [-0.2, 0) is 10.8 Å². The molecule has 238 valence electrons. The molecular formula is C17H10F20N4. The van der Waals surface area contributed by atoms with Gasteiger partial charge in [0.1, 0.15) is 0 Å². The smallest absolute Gasteiger partial charge is 0.341 e. The van der Waals surface area contributed by atoms with Gasteiger partial charge in [-0.15, -0.1) is 0 Å². The fraction of sp³-hybridized carbons (Fsp3) is 0.824. The second-order valence-corrected chi connectivity index (χ2v) is 8.39. The molecule has 0 N–H and O–H groups in total. The molecule has 2 heterocycles. The fourth-order valence-corrected chi connectivity index (χ4v) is 3.92. The molecule has 24 heteroatoms. The molecule has 0 aliphatic carbocycles. The SMILES string of the molecule is FC(F)(F)C(F)(F)C(c1nc(N2CCCCC2)nc(C(C(F)(F)F)(C(F)(F)F)C(F)(F)F)n1)(C(F)(F)F)C(F)(F)F. The van der Waals surface area contributed by atoms with E-state index in [1.54, 1.807) is 0 Å². The van der Waals surface area contributed by atoms with Gasteiger partial charge in [-0.05, 0) is 19.3 Å². The van der Waals surface area contributed by atoms with Gasteiger partial charge in [-0.25, -0.2) is 4.98 Å². The van der Waals surface area contributed by atoms with E-state index in [4.69, 9.17) is 0 Å². The molecule has 0 amide bonds. The first kappa shape index (κ1) is 34.6. The molecule has 1 aliphatic heterocycles. The van der Waals surface area contributed by atoms with Gasteiger partial charge in [0.15, 0.2) is 11.6 Å². The highest BCUT2D eigenvalue weighted by Crippen LogP contribution is 2.64. The Morgan fingerprint density at radius 3 is 1.00 bits per heavy atom. The van der Waals surface area contributed by atoms with Crippen LogP contribution in [-0.4, -0.2) is 71.0 Å². The molecule has 41 heavy (non-hydrogen) atoms. The summed E-state index contributed by atoms with van der Waals surface area (Å²) in [6, 6.07) is 0. The van der Waals surface area contributed by atoms with Crippen LogP contribution in [0.15, 0.2) is 0 Å². The van der Waals surface area contributed by atoms with Crippen molar-refractivity contribution in [2.24, 2.45) is 0 Å². The van der Waals surface area contributed by atoms with Crippen molar-refractivity contribution in [1.82, 2.24) is 15.0 Å². The van der Waals surface area contributed by atoms with Gasteiger partial charge in [0, 0.05) is 13.1 Å². The van der Waals surface area contributed by atoms with Gasteiger partial charge in [0.25, 0.3) is 5.41 Å². The van der Waals surface area contributed by atoms with Crippen LogP contribution in [0.5, 0.6) is 0 Å². The summed E-state index contributed by atoms with van der Waals surface area (Å²) in [6.45, 7) is -1.61. The lowest BCUT2D eigenvalue weighted by Gasteiger charge is -2.42. The van der Waals surface area contributed by atoms with Crippen molar-refractivity contribution in [1.29, 1.82) is 0 Å². The van der Waals surface area contributed by atoms with Gasteiger partial charge in [-0.2, -0.15) is 97.8 Å². The highest BCUT2D eigenvalue weighted by atomic mass is 19.4. The molecule has 1 aromatic heterocycles. The van der Waals surface area contributed by atoms with Crippen LogP contribution < -0.4 is 4.90 Å². The van der Waals surface area contributed by atoms with Gasteiger partial charge < -0.3 is 4.90 Å². The first-order valence-electron chi connectivity index (χ1n) is 10.2. The standard InChI is InChI=1S/C17H10F20N4/c18-11(19,17(35,36)37)9(12(20,21)22,13(23,24)25)6-38-7(40-8(39-6)41-4-2-1-3-5-41)10(14(26,27)28,15(29,30)31)16(32,33)34/h1-5H2. The molecule has 4 nitrogen and oxygen atoms in total. The van der Waals surface area contributed by atoms with Crippen LogP contribution in [0.3, 0.4) is 0 Å². The van der Waals surface area contributed by atoms with E-state index < -0.39 is 84.5 Å². The molecule has 0 saturated carbocycles. The van der Waals surface area contributed by atoms with Crippen molar-refractivity contribution >= 4 is 5.95 Å². The van der Waals surface area contributed by atoms with E-state index in [0.29, 0.717) is 0 Å². The fourth-order valence-electron chi connectivity index (χ4n) is 3.92. The second kappa shape index (κ2) is 9.73. The van der Waals surface area contributed by atoms with E-state index in [-0.39, 0.29) is 24.2 Å². The Kier molecular flexibility index (Phi) is 8.21. The zero-order chi connectivity index (χ0) is 32.5. The summed E-state index contributed by atoms with van der Waals surface area (Å²) in [7, 11) is 0. The minimum atomic E-state index is -8.24. The van der Waals surface area contributed by atoms with Crippen LogP contribution in [0.2, 0.25) is 0 Å². The Morgan fingerprint density at radius 2 is 0.707 bits per heavy atom. The Labute approximate surface area is 212 Å². The lowest BCUT2D eigenvalue weighted by Crippen LogP contribution is -2.70. The first-order chi connectivity index (χ1) is 17.9. The summed E-state index contributed by atoms with van der Waals surface area (Å²) in [6.07, 6.45) is -47.9. The van der Waals surface area contributed by atoms with Gasteiger partial charge in [0.05, 0.1) is 0 Å². The average Bonchev–Trinajstić information content (AvgIpc) is 2.68. The highest BCUT2D eigenvalue weighted by molar-refractivity contribution is 5.38. The molecular weight excluding hydrogens is 640 g/mol. The highest BCUT2D eigenvalue weighted by Gasteiger charge is 2.92. The Bertz CT molecular complexity index is 1030. The molecule has 1 aromatic rings. The van der Waals surface area contributed by atoms with Crippen molar-refractivity contribution in [3.63, 3.8) is 0 Å². The average molecular weight is 650 g/mol. The lowest BCUT2D eigenvalue weighted by molar-refractivity contribution is -0.416. The van der Waals surface area contributed by atoms with Crippen LogP contribution in [0.1, 0.15) is 30.9 Å². The maximum absolute atomic E-state index is 14.3. The van der Waals surface area contributed by atoms with Gasteiger partial charge in [0.2, 0.25) is 5.95 Å². The van der Waals surface area contributed by atoms with E-state index >= 15 is 0 Å². The maximum Gasteiger partial charge on any atom is 0.455 e. The predicted octanol–water partition coefficient (Wildman–Crippen LogP) is 7.35. The molecule has 0 radical (unpaired) electrons. The number of alkyl halides is 20. The molecule has 2 rings (SSSR count). The monoisotopic (exact) mass is 650 g/mol.